The van der Waals surface area contributed by atoms with Crippen molar-refractivity contribution in [3.63, 3.8) is 0 Å². The standard InChI is InChI=1S/C10H15F3N2O/c1-7(2)8(6-14)9(16)15-5-3-4-10(11,12)13/h7-8H,3-5H2,1-2H3,(H,15,16). The van der Waals surface area contributed by atoms with Gasteiger partial charge in [0.2, 0.25) is 5.91 Å². The number of rotatable bonds is 5. The highest BCUT2D eigenvalue weighted by molar-refractivity contribution is 5.81. The summed E-state index contributed by atoms with van der Waals surface area (Å²) in [6.45, 7) is 3.37. The van der Waals surface area contributed by atoms with Crippen LogP contribution in [0.5, 0.6) is 0 Å². The first kappa shape index (κ1) is 14.8. The average Bonchev–Trinajstić information content (AvgIpc) is 2.11. The molecule has 0 aromatic carbocycles. The van der Waals surface area contributed by atoms with Gasteiger partial charge in [-0.15, -0.1) is 0 Å². The Bertz CT molecular complexity index is 268. The quantitative estimate of drug-likeness (QED) is 0.744. The van der Waals surface area contributed by atoms with Crippen LogP contribution in [0.3, 0.4) is 0 Å². The number of carbonyl (C=O) groups is 1. The zero-order valence-corrected chi connectivity index (χ0v) is 9.27. The van der Waals surface area contributed by atoms with E-state index in [0.29, 0.717) is 0 Å². The van der Waals surface area contributed by atoms with Gasteiger partial charge in [-0.3, -0.25) is 4.79 Å². The molecular weight excluding hydrogens is 221 g/mol. The maximum atomic E-state index is 11.8. The third-order valence-electron chi connectivity index (χ3n) is 2.02. The molecule has 1 N–H and O–H groups in total. The van der Waals surface area contributed by atoms with Crippen LogP contribution in [0.4, 0.5) is 13.2 Å². The Kier molecular flexibility index (Phi) is 5.86. The van der Waals surface area contributed by atoms with Crippen molar-refractivity contribution in [3.8, 4) is 6.07 Å². The van der Waals surface area contributed by atoms with Gasteiger partial charge in [-0.05, 0) is 12.3 Å². The molecule has 0 aromatic heterocycles. The highest BCUT2D eigenvalue weighted by atomic mass is 19.4. The maximum Gasteiger partial charge on any atom is 0.389 e. The second-order valence-electron chi connectivity index (χ2n) is 3.86. The summed E-state index contributed by atoms with van der Waals surface area (Å²) in [6.07, 6.45) is -5.28. The minimum atomic E-state index is -4.20. The third-order valence-corrected chi connectivity index (χ3v) is 2.02. The van der Waals surface area contributed by atoms with Gasteiger partial charge in [0.25, 0.3) is 0 Å². The average molecular weight is 236 g/mol. The van der Waals surface area contributed by atoms with Crippen LogP contribution in [0.1, 0.15) is 26.7 Å². The van der Waals surface area contributed by atoms with Crippen LogP contribution in [-0.4, -0.2) is 18.6 Å². The molecule has 1 atom stereocenters. The molecule has 0 heterocycles. The van der Waals surface area contributed by atoms with Crippen LogP contribution < -0.4 is 5.32 Å². The number of nitriles is 1. The van der Waals surface area contributed by atoms with Crippen molar-refractivity contribution in [1.82, 2.24) is 5.32 Å². The summed E-state index contributed by atoms with van der Waals surface area (Å²) in [7, 11) is 0. The van der Waals surface area contributed by atoms with Crippen molar-refractivity contribution in [2.24, 2.45) is 11.8 Å². The van der Waals surface area contributed by atoms with E-state index in [1.165, 1.54) is 0 Å². The number of carbonyl (C=O) groups excluding carboxylic acids is 1. The molecule has 6 heteroatoms. The van der Waals surface area contributed by atoms with E-state index in [4.69, 9.17) is 5.26 Å². The van der Waals surface area contributed by atoms with Crippen LogP contribution >= 0.6 is 0 Å². The Morgan fingerprint density at radius 2 is 2.00 bits per heavy atom. The summed E-state index contributed by atoms with van der Waals surface area (Å²) in [4.78, 5) is 11.3. The summed E-state index contributed by atoms with van der Waals surface area (Å²) in [6, 6.07) is 1.82. The van der Waals surface area contributed by atoms with Gasteiger partial charge in [0.1, 0.15) is 5.92 Å². The highest BCUT2D eigenvalue weighted by Crippen LogP contribution is 2.20. The fourth-order valence-corrected chi connectivity index (χ4v) is 1.12. The van der Waals surface area contributed by atoms with E-state index in [1.807, 2.05) is 6.07 Å². The predicted octanol–water partition coefficient (Wildman–Crippen LogP) is 2.24. The molecule has 3 nitrogen and oxygen atoms in total. The second kappa shape index (κ2) is 6.36. The summed E-state index contributed by atoms with van der Waals surface area (Å²) >= 11 is 0. The summed E-state index contributed by atoms with van der Waals surface area (Å²) in [5, 5.41) is 11.0. The number of alkyl halides is 3. The third kappa shape index (κ3) is 6.27. The molecule has 16 heavy (non-hydrogen) atoms. The highest BCUT2D eigenvalue weighted by Gasteiger charge is 2.26. The van der Waals surface area contributed by atoms with E-state index in [-0.39, 0.29) is 18.9 Å². The summed E-state index contributed by atoms with van der Waals surface area (Å²) < 4.78 is 35.3. The molecule has 0 saturated carbocycles. The lowest BCUT2D eigenvalue weighted by molar-refractivity contribution is -0.136. The molecule has 0 fully saturated rings. The first-order valence-corrected chi connectivity index (χ1v) is 5.02. The lowest BCUT2D eigenvalue weighted by Crippen LogP contribution is -2.33. The summed E-state index contributed by atoms with van der Waals surface area (Å²) in [5.41, 5.74) is 0. The van der Waals surface area contributed by atoms with Gasteiger partial charge in [0.15, 0.2) is 0 Å². The maximum absolute atomic E-state index is 11.8. The number of halogens is 3. The molecule has 0 aliphatic heterocycles. The van der Waals surface area contributed by atoms with Crippen LogP contribution in [0.15, 0.2) is 0 Å². The minimum absolute atomic E-state index is 0.0523. The summed E-state index contributed by atoms with van der Waals surface area (Å²) in [5.74, 6) is -1.45. The molecule has 0 spiro atoms. The van der Waals surface area contributed by atoms with Gasteiger partial charge in [0, 0.05) is 13.0 Å². The van der Waals surface area contributed by atoms with E-state index in [0.717, 1.165) is 0 Å². The number of amides is 1. The van der Waals surface area contributed by atoms with Crippen molar-refractivity contribution in [1.29, 1.82) is 5.26 Å². The SMILES string of the molecule is CC(C)C(C#N)C(=O)NCCCC(F)(F)F. The Labute approximate surface area is 92.6 Å². The number of nitrogens with one attached hydrogen (secondary N) is 1. The van der Waals surface area contributed by atoms with Gasteiger partial charge in [-0.1, -0.05) is 13.8 Å². The Morgan fingerprint density at radius 3 is 2.38 bits per heavy atom. The van der Waals surface area contributed by atoms with E-state index in [1.54, 1.807) is 13.8 Å². The van der Waals surface area contributed by atoms with Gasteiger partial charge in [-0.2, -0.15) is 18.4 Å². The molecule has 0 aromatic rings. The lowest BCUT2D eigenvalue weighted by Gasteiger charge is -2.13. The van der Waals surface area contributed by atoms with Crippen LogP contribution in [0.2, 0.25) is 0 Å². The number of nitrogens with zero attached hydrogens (tertiary/aromatic N) is 1. The monoisotopic (exact) mass is 236 g/mol. The lowest BCUT2D eigenvalue weighted by atomic mass is 9.97. The zero-order chi connectivity index (χ0) is 12.8. The van der Waals surface area contributed by atoms with Crippen molar-refractivity contribution < 1.29 is 18.0 Å². The molecule has 92 valence electrons. The van der Waals surface area contributed by atoms with Gasteiger partial charge in [0.05, 0.1) is 6.07 Å². The first-order valence-electron chi connectivity index (χ1n) is 5.02. The molecule has 0 aliphatic rings. The number of hydrogen-bond donors (Lipinski definition) is 1. The van der Waals surface area contributed by atoms with E-state index in [2.05, 4.69) is 5.32 Å². The second-order valence-corrected chi connectivity index (χ2v) is 3.86. The van der Waals surface area contributed by atoms with E-state index in [9.17, 15) is 18.0 Å². The molecule has 0 radical (unpaired) electrons. The van der Waals surface area contributed by atoms with E-state index >= 15 is 0 Å². The van der Waals surface area contributed by atoms with Crippen LogP contribution in [-0.2, 0) is 4.79 Å². The van der Waals surface area contributed by atoms with Crippen molar-refractivity contribution >= 4 is 5.91 Å². The minimum Gasteiger partial charge on any atom is -0.355 e. The fraction of sp³-hybridized carbons (Fsp3) is 0.800. The smallest absolute Gasteiger partial charge is 0.355 e. The fourth-order valence-electron chi connectivity index (χ4n) is 1.12. The molecular formula is C10H15F3N2O. The molecule has 0 bridgehead atoms. The molecule has 0 aliphatic carbocycles. The van der Waals surface area contributed by atoms with Crippen molar-refractivity contribution in [3.05, 3.63) is 0 Å². The van der Waals surface area contributed by atoms with Crippen molar-refractivity contribution in [2.75, 3.05) is 6.54 Å². The first-order chi connectivity index (χ1) is 7.28. The Balaban J connectivity index is 3.87. The van der Waals surface area contributed by atoms with Gasteiger partial charge >= 0.3 is 6.18 Å². The zero-order valence-electron chi connectivity index (χ0n) is 9.27. The van der Waals surface area contributed by atoms with E-state index < -0.39 is 24.4 Å². The molecule has 0 rings (SSSR count). The number of hydrogen-bond acceptors (Lipinski definition) is 2. The molecule has 0 saturated heterocycles. The van der Waals surface area contributed by atoms with Crippen LogP contribution in [0, 0.1) is 23.2 Å². The van der Waals surface area contributed by atoms with Crippen LogP contribution in [0.25, 0.3) is 0 Å². The van der Waals surface area contributed by atoms with Gasteiger partial charge < -0.3 is 5.32 Å². The normalized spacial score (nSPS) is 13.3. The Hall–Kier alpha value is -1.25. The largest absolute Gasteiger partial charge is 0.389 e. The molecule has 1 unspecified atom stereocenters. The predicted molar refractivity (Wildman–Crippen MR) is 52.2 cm³/mol. The topological polar surface area (TPSA) is 52.9 Å². The van der Waals surface area contributed by atoms with Gasteiger partial charge in [-0.25, -0.2) is 0 Å². The van der Waals surface area contributed by atoms with Crippen molar-refractivity contribution in [2.45, 2.75) is 32.9 Å². The molecule has 1 amide bonds. The Morgan fingerprint density at radius 1 is 1.44 bits per heavy atom.